The minimum absolute atomic E-state index is 0.147. The van der Waals surface area contributed by atoms with Crippen LogP contribution >= 0.6 is 0 Å². The van der Waals surface area contributed by atoms with Gasteiger partial charge in [0.15, 0.2) is 11.5 Å². The lowest BCUT2D eigenvalue weighted by atomic mass is 10.1. The number of likely N-dealkylation sites (N-methyl/N-ethyl adjacent to an activating group) is 1. The van der Waals surface area contributed by atoms with Crippen LogP contribution in [-0.2, 0) is 0 Å². The van der Waals surface area contributed by atoms with Crippen molar-refractivity contribution in [3.63, 3.8) is 0 Å². The van der Waals surface area contributed by atoms with Crippen LogP contribution in [0.25, 0.3) is 0 Å². The zero-order chi connectivity index (χ0) is 17.5. The summed E-state index contributed by atoms with van der Waals surface area (Å²) in [6, 6.07) is 14.0. The van der Waals surface area contributed by atoms with Crippen molar-refractivity contribution < 1.29 is 19.4 Å². The van der Waals surface area contributed by atoms with Crippen molar-refractivity contribution in [3.05, 3.63) is 54.1 Å². The minimum atomic E-state index is -0.837. The van der Waals surface area contributed by atoms with Gasteiger partial charge in [-0.15, -0.1) is 0 Å². The van der Waals surface area contributed by atoms with Gasteiger partial charge in [-0.1, -0.05) is 24.3 Å². The lowest BCUT2D eigenvalue weighted by Crippen LogP contribution is -2.34. The number of carbonyl (C=O) groups excluding carboxylic acids is 1. The summed E-state index contributed by atoms with van der Waals surface area (Å²) in [7, 11) is 4.71. The predicted octanol–water partition coefficient (Wildman–Crippen LogP) is 2.90. The maximum absolute atomic E-state index is 12.2. The third-order valence-corrected chi connectivity index (χ3v) is 3.61. The molecule has 0 aliphatic carbocycles. The van der Waals surface area contributed by atoms with E-state index in [4.69, 9.17) is 9.47 Å². The number of para-hydroxylation sites is 1. The van der Waals surface area contributed by atoms with Crippen molar-refractivity contribution in [2.75, 3.05) is 33.1 Å². The maximum atomic E-state index is 12.2. The first-order chi connectivity index (χ1) is 11.5. The molecule has 0 bridgehead atoms. The quantitative estimate of drug-likeness (QED) is 0.854. The van der Waals surface area contributed by atoms with Gasteiger partial charge >= 0.3 is 6.03 Å². The number of methoxy groups -OCH3 is 2. The Morgan fingerprint density at radius 3 is 2.42 bits per heavy atom. The third-order valence-electron chi connectivity index (χ3n) is 3.61. The van der Waals surface area contributed by atoms with Crippen molar-refractivity contribution in [3.8, 4) is 11.5 Å². The lowest BCUT2D eigenvalue weighted by molar-refractivity contribution is 0.136. The van der Waals surface area contributed by atoms with E-state index in [0.717, 1.165) is 0 Å². The minimum Gasteiger partial charge on any atom is -0.493 e. The number of hydrogen-bond acceptors (Lipinski definition) is 4. The molecule has 2 aromatic rings. The molecule has 0 aliphatic rings. The molecule has 2 rings (SSSR count). The van der Waals surface area contributed by atoms with Crippen LogP contribution in [0.4, 0.5) is 10.5 Å². The summed E-state index contributed by atoms with van der Waals surface area (Å²) < 4.78 is 10.4. The molecular weight excluding hydrogens is 308 g/mol. The molecule has 0 saturated heterocycles. The number of hydrogen-bond donors (Lipinski definition) is 2. The Kier molecular flexibility index (Phi) is 6.03. The van der Waals surface area contributed by atoms with Crippen LogP contribution in [0.3, 0.4) is 0 Å². The third kappa shape index (κ3) is 4.39. The van der Waals surface area contributed by atoms with Crippen LogP contribution in [0.1, 0.15) is 11.7 Å². The summed E-state index contributed by atoms with van der Waals surface area (Å²) in [5, 5.41) is 13.1. The Bertz CT molecular complexity index is 676. The van der Waals surface area contributed by atoms with E-state index in [1.807, 2.05) is 18.2 Å². The van der Waals surface area contributed by atoms with E-state index in [2.05, 4.69) is 5.32 Å². The number of ether oxygens (including phenoxy) is 2. The Hall–Kier alpha value is -2.73. The molecule has 2 aromatic carbocycles. The van der Waals surface area contributed by atoms with Crippen LogP contribution in [0.5, 0.6) is 11.5 Å². The molecule has 0 spiro atoms. The number of rotatable bonds is 6. The number of carbonyl (C=O) groups is 1. The summed E-state index contributed by atoms with van der Waals surface area (Å²) in [6.07, 6.45) is -0.837. The number of nitrogens with one attached hydrogen (secondary N) is 1. The smallest absolute Gasteiger partial charge is 0.321 e. The Labute approximate surface area is 141 Å². The van der Waals surface area contributed by atoms with Crippen molar-refractivity contribution >= 4 is 11.7 Å². The fourth-order valence-electron chi connectivity index (χ4n) is 2.25. The molecule has 0 saturated carbocycles. The summed E-state index contributed by atoms with van der Waals surface area (Å²) in [5.74, 6) is 1.12. The molecule has 0 aromatic heterocycles. The molecule has 1 atom stereocenters. The summed E-state index contributed by atoms with van der Waals surface area (Å²) >= 11 is 0. The standard InChI is InChI=1S/C18H22N2O4/c1-20(18(22)19-14-7-5-4-6-8-14)12-15(21)13-9-10-16(23-2)17(11-13)24-3/h4-11,15,21H,12H2,1-3H3,(H,19,22). The number of aliphatic hydroxyl groups is 1. The van der Waals surface area contributed by atoms with Gasteiger partial charge < -0.3 is 24.8 Å². The zero-order valence-electron chi connectivity index (χ0n) is 14.0. The van der Waals surface area contributed by atoms with Crippen LogP contribution in [0.2, 0.25) is 0 Å². The average Bonchev–Trinajstić information content (AvgIpc) is 2.61. The van der Waals surface area contributed by atoms with Gasteiger partial charge in [-0.3, -0.25) is 0 Å². The van der Waals surface area contributed by atoms with Gasteiger partial charge in [0.1, 0.15) is 0 Å². The number of urea groups is 1. The van der Waals surface area contributed by atoms with E-state index in [9.17, 15) is 9.90 Å². The van der Waals surface area contributed by atoms with E-state index in [1.54, 1.807) is 44.5 Å². The number of aliphatic hydroxyl groups excluding tert-OH is 1. The topological polar surface area (TPSA) is 71.0 Å². The molecule has 128 valence electrons. The Morgan fingerprint density at radius 2 is 1.79 bits per heavy atom. The average molecular weight is 330 g/mol. The monoisotopic (exact) mass is 330 g/mol. The second-order valence-electron chi connectivity index (χ2n) is 5.31. The van der Waals surface area contributed by atoms with Gasteiger partial charge in [-0.05, 0) is 29.8 Å². The van der Waals surface area contributed by atoms with E-state index in [-0.39, 0.29) is 12.6 Å². The molecule has 0 heterocycles. The largest absolute Gasteiger partial charge is 0.493 e. The van der Waals surface area contributed by atoms with Gasteiger partial charge in [0.2, 0.25) is 0 Å². The van der Waals surface area contributed by atoms with E-state index in [1.165, 1.54) is 12.0 Å². The van der Waals surface area contributed by atoms with Crippen molar-refractivity contribution in [2.24, 2.45) is 0 Å². The van der Waals surface area contributed by atoms with Gasteiger partial charge in [0.05, 0.1) is 26.9 Å². The first-order valence-electron chi connectivity index (χ1n) is 7.52. The van der Waals surface area contributed by atoms with Crippen LogP contribution in [-0.4, -0.2) is 43.8 Å². The highest BCUT2D eigenvalue weighted by Crippen LogP contribution is 2.30. The highest BCUT2D eigenvalue weighted by Gasteiger charge is 2.17. The van der Waals surface area contributed by atoms with Gasteiger partial charge in [0, 0.05) is 12.7 Å². The van der Waals surface area contributed by atoms with Crippen molar-refractivity contribution in [1.29, 1.82) is 0 Å². The second-order valence-corrected chi connectivity index (χ2v) is 5.31. The highest BCUT2D eigenvalue weighted by atomic mass is 16.5. The normalized spacial score (nSPS) is 11.5. The van der Waals surface area contributed by atoms with Crippen molar-refractivity contribution in [1.82, 2.24) is 4.90 Å². The summed E-state index contributed by atoms with van der Waals surface area (Å²) in [6.45, 7) is 0.147. The molecule has 24 heavy (non-hydrogen) atoms. The lowest BCUT2D eigenvalue weighted by Gasteiger charge is -2.22. The predicted molar refractivity (Wildman–Crippen MR) is 92.6 cm³/mol. The first-order valence-corrected chi connectivity index (χ1v) is 7.52. The molecule has 0 fully saturated rings. The Morgan fingerprint density at radius 1 is 1.12 bits per heavy atom. The number of benzene rings is 2. The van der Waals surface area contributed by atoms with E-state index >= 15 is 0 Å². The van der Waals surface area contributed by atoms with Gasteiger partial charge in [0.25, 0.3) is 0 Å². The second kappa shape index (κ2) is 8.21. The molecule has 2 N–H and O–H groups in total. The first kappa shape index (κ1) is 17.6. The molecule has 6 heteroatoms. The number of anilines is 1. The summed E-state index contributed by atoms with van der Waals surface area (Å²) in [4.78, 5) is 13.6. The fourth-order valence-corrected chi connectivity index (χ4v) is 2.25. The number of nitrogens with zero attached hydrogens (tertiary/aromatic N) is 1. The van der Waals surface area contributed by atoms with E-state index in [0.29, 0.717) is 22.7 Å². The zero-order valence-corrected chi connectivity index (χ0v) is 14.0. The molecule has 2 amide bonds. The molecule has 0 aliphatic heterocycles. The van der Waals surface area contributed by atoms with Crippen LogP contribution in [0, 0.1) is 0 Å². The molecule has 1 unspecified atom stereocenters. The van der Waals surface area contributed by atoms with Gasteiger partial charge in [-0.2, -0.15) is 0 Å². The SMILES string of the molecule is COc1ccc(C(O)CN(C)C(=O)Nc2ccccc2)cc1OC. The summed E-state index contributed by atoms with van der Waals surface area (Å²) in [5.41, 5.74) is 1.35. The fraction of sp³-hybridized carbons (Fsp3) is 0.278. The molecular formula is C18H22N2O4. The maximum Gasteiger partial charge on any atom is 0.321 e. The van der Waals surface area contributed by atoms with Crippen LogP contribution < -0.4 is 14.8 Å². The number of amides is 2. The Balaban J connectivity index is 2.00. The molecule has 0 radical (unpaired) electrons. The van der Waals surface area contributed by atoms with Gasteiger partial charge in [-0.25, -0.2) is 4.79 Å². The highest BCUT2D eigenvalue weighted by molar-refractivity contribution is 5.89. The van der Waals surface area contributed by atoms with Crippen LogP contribution in [0.15, 0.2) is 48.5 Å². The van der Waals surface area contributed by atoms with Crippen molar-refractivity contribution in [2.45, 2.75) is 6.10 Å². The molecule has 6 nitrogen and oxygen atoms in total. The van der Waals surface area contributed by atoms with E-state index < -0.39 is 6.10 Å².